The van der Waals surface area contributed by atoms with Gasteiger partial charge < -0.3 is 15.0 Å². The normalized spacial score (nSPS) is 28.6. The summed E-state index contributed by atoms with van der Waals surface area (Å²) in [5, 5.41) is 11.4. The minimum absolute atomic E-state index is 0.194. The van der Waals surface area contributed by atoms with E-state index >= 15 is 0 Å². The van der Waals surface area contributed by atoms with Crippen molar-refractivity contribution >= 4 is 23.4 Å². The maximum Gasteiger partial charge on any atom is 0.414 e. The molecule has 4 rings (SSSR count). The number of fused-ring (bicyclic) bond motifs is 1. The molecule has 2 amide bonds. The van der Waals surface area contributed by atoms with Crippen LogP contribution in [0.4, 0.5) is 20.6 Å². The third-order valence-corrected chi connectivity index (χ3v) is 5.73. The molecule has 1 N–H and O–H groups in total. The van der Waals surface area contributed by atoms with Crippen molar-refractivity contribution in [1.29, 1.82) is 5.26 Å². The van der Waals surface area contributed by atoms with Crippen LogP contribution in [-0.2, 0) is 9.53 Å². The Balaban J connectivity index is 1.40. The molecule has 0 bridgehead atoms. The van der Waals surface area contributed by atoms with Crippen molar-refractivity contribution in [3.8, 4) is 6.07 Å². The summed E-state index contributed by atoms with van der Waals surface area (Å²) in [4.78, 5) is 26.4. The Labute approximate surface area is 156 Å². The van der Waals surface area contributed by atoms with Gasteiger partial charge in [0.2, 0.25) is 5.91 Å². The number of nitrogens with one attached hydrogen (secondary N) is 1. The Hall–Kier alpha value is -2.82. The van der Waals surface area contributed by atoms with E-state index < -0.39 is 12.2 Å². The summed E-state index contributed by atoms with van der Waals surface area (Å²) < 4.78 is 19.9. The molecular formula is C19H21FN4O3. The maximum absolute atomic E-state index is 14.7. The second-order valence-electron chi connectivity index (χ2n) is 7.45. The molecule has 2 saturated heterocycles. The summed E-state index contributed by atoms with van der Waals surface area (Å²) in [5.41, 5.74) is 0.974. The van der Waals surface area contributed by atoms with E-state index in [2.05, 4.69) is 11.4 Å². The van der Waals surface area contributed by atoms with E-state index in [1.165, 1.54) is 17.9 Å². The van der Waals surface area contributed by atoms with Gasteiger partial charge in [-0.05, 0) is 36.0 Å². The van der Waals surface area contributed by atoms with Crippen molar-refractivity contribution < 1.29 is 18.7 Å². The highest BCUT2D eigenvalue weighted by Crippen LogP contribution is 2.54. The number of benzene rings is 1. The van der Waals surface area contributed by atoms with E-state index in [9.17, 15) is 14.0 Å². The van der Waals surface area contributed by atoms with Crippen LogP contribution in [0.2, 0.25) is 0 Å². The molecular weight excluding hydrogens is 351 g/mol. The third-order valence-electron chi connectivity index (χ3n) is 5.73. The summed E-state index contributed by atoms with van der Waals surface area (Å²) >= 11 is 0. The van der Waals surface area contributed by atoms with Gasteiger partial charge in [-0.3, -0.25) is 9.69 Å². The molecule has 1 saturated carbocycles. The number of anilines is 2. The SMILES string of the molecule is CC(=O)NC[C@H]1CN(c2ccc(N3C[C@@H]4C(CC#N)[C@@H]4C3)c(F)c2)C(=O)O1. The predicted octanol–water partition coefficient (Wildman–Crippen LogP) is 1.88. The van der Waals surface area contributed by atoms with Crippen molar-refractivity contribution in [3.05, 3.63) is 24.0 Å². The summed E-state index contributed by atoms with van der Waals surface area (Å²) in [5.74, 6) is 0.886. The summed E-state index contributed by atoms with van der Waals surface area (Å²) in [7, 11) is 0. The molecule has 142 valence electrons. The number of cyclic esters (lactones) is 1. The second-order valence-corrected chi connectivity index (χ2v) is 7.45. The van der Waals surface area contributed by atoms with Crippen molar-refractivity contribution in [2.45, 2.75) is 19.4 Å². The Morgan fingerprint density at radius 3 is 2.74 bits per heavy atom. The van der Waals surface area contributed by atoms with Crippen LogP contribution in [0.15, 0.2) is 18.2 Å². The quantitative estimate of drug-likeness (QED) is 0.853. The molecule has 27 heavy (non-hydrogen) atoms. The first-order valence-corrected chi connectivity index (χ1v) is 9.12. The molecule has 3 fully saturated rings. The van der Waals surface area contributed by atoms with Crippen LogP contribution in [0.3, 0.4) is 0 Å². The second kappa shape index (κ2) is 6.72. The molecule has 8 heteroatoms. The molecule has 1 aromatic carbocycles. The lowest BCUT2D eigenvalue weighted by Gasteiger charge is -2.23. The average Bonchev–Trinajstić information content (AvgIpc) is 2.98. The molecule has 0 aromatic heterocycles. The van der Waals surface area contributed by atoms with Crippen LogP contribution in [0.1, 0.15) is 13.3 Å². The molecule has 0 radical (unpaired) electrons. The fourth-order valence-corrected chi connectivity index (χ4v) is 4.27. The topological polar surface area (TPSA) is 85.7 Å². The zero-order valence-corrected chi connectivity index (χ0v) is 15.0. The Morgan fingerprint density at radius 1 is 1.37 bits per heavy atom. The largest absolute Gasteiger partial charge is 0.442 e. The minimum Gasteiger partial charge on any atom is -0.442 e. The van der Waals surface area contributed by atoms with Crippen molar-refractivity contribution in [2.24, 2.45) is 17.8 Å². The number of ether oxygens (including phenoxy) is 1. The van der Waals surface area contributed by atoms with E-state index in [0.29, 0.717) is 35.5 Å². The number of piperidine rings is 1. The molecule has 1 aliphatic carbocycles. The maximum atomic E-state index is 14.7. The van der Waals surface area contributed by atoms with Gasteiger partial charge in [0, 0.05) is 26.4 Å². The number of rotatable bonds is 5. The summed E-state index contributed by atoms with van der Waals surface area (Å²) in [6.07, 6.45) is -0.410. The van der Waals surface area contributed by atoms with Gasteiger partial charge >= 0.3 is 6.09 Å². The lowest BCUT2D eigenvalue weighted by Crippen LogP contribution is -2.33. The van der Waals surface area contributed by atoms with Crippen LogP contribution < -0.4 is 15.1 Å². The van der Waals surface area contributed by atoms with Crippen LogP contribution in [-0.4, -0.2) is 44.3 Å². The minimum atomic E-state index is -0.542. The Bertz CT molecular complexity index is 812. The fourth-order valence-electron chi connectivity index (χ4n) is 4.27. The number of halogens is 1. The molecule has 1 unspecified atom stereocenters. The van der Waals surface area contributed by atoms with Gasteiger partial charge in [-0.15, -0.1) is 0 Å². The number of carbonyl (C=O) groups is 2. The Morgan fingerprint density at radius 2 is 2.11 bits per heavy atom. The fraction of sp³-hybridized carbons (Fsp3) is 0.526. The molecule has 3 aliphatic rings. The van der Waals surface area contributed by atoms with Crippen LogP contribution in [0.25, 0.3) is 0 Å². The average molecular weight is 372 g/mol. The number of nitriles is 1. The van der Waals surface area contributed by atoms with E-state index in [1.54, 1.807) is 12.1 Å². The number of carbonyl (C=O) groups excluding carboxylic acids is 2. The summed E-state index contributed by atoms with van der Waals surface area (Å²) in [6.45, 7) is 3.45. The van der Waals surface area contributed by atoms with Crippen LogP contribution in [0.5, 0.6) is 0 Å². The van der Waals surface area contributed by atoms with Gasteiger partial charge in [0.15, 0.2) is 0 Å². The van der Waals surface area contributed by atoms with Crippen LogP contribution in [0, 0.1) is 34.9 Å². The zero-order valence-electron chi connectivity index (χ0n) is 15.0. The van der Waals surface area contributed by atoms with Gasteiger partial charge in [-0.2, -0.15) is 5.26 Å². The smallest absolute Gasteiger partial charge is 0.414 e. The van der Waals surface area contributed by atoms with Crippen molar-refractivity contribution in [2.75, 3.05) is 36.0 Å². The molecule has 2 aliphatic heterocycles. The van der Waals surface area contributed by atoms with Gasteiger partial charge in [-0.1, -0.05) is 0 Å². The van der Waals surface area contributed by atoms with E-state index in [1.807, 2.05) is 4.90 Å². The first kappa shape index (κ1) is 17.6. The van der Waals surface area contributed by atoms with E-state index in [4.69, 9.17) is 10.00 Å². The monoisotopic (exact) mass is 372 g/mol. The van der Waals surface area contributed by atoms with E-state index in [-0.39, 0.29) is 24.8 Å². The lowest BCUT2D eigenvalue weighted by molar-refractivity contribution is -0.119. The molecule has 4 atom stereocenters. The Kier molecular flexibility index (Phi) is 4.38. The molecule has 0 spiro atoms. The van der Waals surface area contributed by atoms with Gasteiger partial charge in [0.25, 0.3) is 0 Å². The van der Waals surface area contributed by atoms with Gasteiger partial charge in [0.05, 0.1) is 30.5 Å². The molecule has 2 heterocycles. The first-order chi connectivity index (χ1) is 13.0. The highest BCUT2D eigenvalue weighted by molar-refractivity contribution is 5.90. The first-order valence-electron chi connectivity index (χ1n) is 9.12. The number of hydrogen-bond donors (Lipinski definition) is 1. The highest BCUT2D eigenvalue weighted by atomic mass is 19.1. The standard InChI is InChI=1S/C19H21FN4O3/c1-11(25)22-7-13-8-24(19(26)27-13)12-2-3-18(17(20)6-12)23-9-15-14(4-5-21)16(15)10-23/h2-3,6,13-16H,4,7-10H2,1H3,(H,22,25)/t13-,14?,15-,16+/m0/s1. The van der Waals surface area contributed by atoms with E-state index in [0.717, 1.165) is 13.1 Å². The van der Waals surface area contributed by atoms with Crippen LogP contribution >= 0.6 is 0 Å². The molecule has 1 aromatic rings. The lowest BCUT2D eigenvalue weighted by atomic mass is 10.2. The number of hydrogen-bond acceptors (Lipinski definition) is 5. The predicted molar refractivity (Wildman–Crippen MR) is 95.6 cm³/mol. The molecule has 7 nitrogen and oxygen atoms in total. The number of amides is 2. The van der Waals surface area contributed by atoms with Gasteiger partial charge in [0.1, 0.15) is 11.9 Å². The van der Waals surface area contributed by atoms with Gasteiger partial charge in [-0.25, -0.2) is 9.18 Å². The third kappa shape index (κ3) is 3.29. The van der Waals surface area contributed by atoms with Crippen molar-refractivity contribution in [1.82, 2.24) is 5.32 Å². The van der Waals surface area contributed by atoms with Crippen molar-refractivity contribution in [3.63, 3.8) is 0 Å². The number of nitrogens with zero attached hydrogens (tertiary/aromatic N) is 3. The zero-order chi connectivity index (χ0) is 19.1. The highest BCUT2D eigenvalue weighted by Gasteiger charge is 2.55. The summed E-state index contributed by atoms with van der Waals surface area (Å²) in [6, 6.07) is 6.99.